The van der Waals surface area contributed by atoms with E-state index in [0.717, 1.165) is 30.1 Å². The van der Waals surface area contributed by atoms with Gasteiger partial charge in [-0.15, -0.1) is 0 Å². The molecule has 5 heteroatoms. The highest BCUT2D eigenvalue weighted by Gasteiger charge is 2.07. The van der Waals surface area contributed by atoms with E-state index in [1.165, 1.54) is 0 Å². The molecular weight excluding hydrogens is 200 g/mol. The fraction of sp³-hybridized carbons (Fsp3) is 0.667. The first-order valence-electron chi connectivity index (χ1n) is 4.53. The van der Waals surface area contributed by atoms with Gasteiger partial charge in [-0.3, -0.25) is 4.21 Å². The minimum Gasteiger partial charge on any atom is -0.361 e. The maximum atomic E-state index is 10.8. The Morgan fingerprint density at radius 2 is 2.21 bits per heavy atom. The van der Waals surface area contributed by atoms with Crippen LogP contribution in [0.3, 0.4) is 0 Å². The zero-order chi connectivity index (χ0) is 10.6. The van der Waals surface area contributed by atoms with E-state index >= 15 is 0 Å². The van der Waals surface area contributed by atoms with Gasteiger partial charge in [-0.1, -0.05) is 5.16 Å². The van der Waals surface area contributed by atoms with Crippen LogP contribution in [0, 0.1) is 13.8 Å². The van der Waals surface area contributed by atoms with E-state index in [1.807, 2.05) is 13.8 Å². The van der Waals surface area contributed by atoms with E-state index in [1.54, 1.807) is 6.26 Å². The number of aromatic nitrogens is 1. The third-order valence-electron chi connectivity index (χ3n) is 2.05. The number of nitrogens with one attached hydrogen (secondary N) is 1. The van der Waals surface area contributed by atoms with Gasteiger partial charge in [0.2, 0.25) is 0 Å². The molecule has 1 rings (SSSR count). The van der Waals surface area contributed by atoms with Crippen LogP contribution in [-0.4, -0.2) is 27.9 Å². The van der Waals surface area contributed by atoms with Crippen molar-refractivity contribution in [2.45, 2.75) is 20.4 Å². The minimum absolute atomic E-state index is 0.684. The molecule has 0 aliphatic carbocycles. The summed E-state index contributed by atoms with van der Waals surface area (Å²) >= 11 is 0. The van der Waals surface area contributed by atoms with Crippen molar-refractivity contribution in [2.24, 2.45) is 0 Å². The largest absolute Gasteiger partial charge is 0.361 e. The van der Waals surface area contributed by atoms with Crippen LogP contribution >= 0.6 is 0 Å². The van der Waals surface area contributed by atoms with Crippen molar-refractivity contribution in [2.75, 3.05) is 18.6 Å². The summed E-state index contributed by atoms with van der Waals surface area (Å²) in [5.74, 6) is 1.54. The number of aryl methyl sites for hydroxylation is 2. The summed E-state index contributed by atoms with van der Waals surface area (Å²) in [7, 11) is -0.726. The van der Waals surface area contributed by atoms with Crippen LogP contribution in [0.1, 0.15) is 17.0 Å². The summed E-state index contributed by atoms with van der Waals surface area (Å²) in [5, 5.41) is 7.06. The normalized spacial score (nSPS) is 13.1. The van der Waals surface area contributed by atoms with E-state index in [-0.39, 0.29) is 0 Å². The summed E-state index contributed by atoms with van der Waals surface area (Å²) < 4.78 is 15.8. The fourth-order valence-electron chi connectivity index (χ4n) is 1.18. The Morgan fingerprint density at radius 3 is 2.71 bits per heavy atom. The molecule has 0 fully saturated rings. The highest BCUT2D eigenvalue weighted by molar-refractivity contribution is 7.84. The zero-order valence-corrected chi connectivity index (χ0v) is 9.61. The van der Waals surface area contributed by atoms with Crippen LogP contribution in [0.2, 0.25) is 0 Å². The van der Waals surface area contributed by atoms with Gasteiger partial charge in [0, 0.05) is 41.5 Å². The van der Waals surface area contributed by atoms with Crippen molar-refractivity contribution in [3.63, 3.8) is 0 Å². The second kappa shape index (κ2) is 5.26. The average Bonchev–Trinajstić information content (AvgIpc) is 2.42. The predicted octanol–water partition coefficient (Wildman–Crippen LogP) is 0.760. The van der Waals surface area contributed by atoms with Gasteiger partial charge in [0.25, 0.3) is 0 Å². The average molecular weight is 216 g/mol. The highest BCUT2D eigenvalue weighted by atomic mass is 32.2. The SMILES string of the molecule is Cc1noc(C)c1CNCCS(C)=O. The summed E-state index contributed by atoms with van der Waals surface area (Å²) in [6.45, 7) is 5.31. The number of rotatable bonds is 5. The summed E-state index contributed by atoms with van der Waals surface area (Å²) in [4.78, 5) is 0. The lowest BCUT2D eigenvalue weighted by molar-refractivity contribution is 0.392. The van der Waals surface area contributed by atoms with E-state index in [2.05, 4.69) is 10.5 Å². The monoisotopic (exact) mass is 216 g/mol. The first-order chi connectivity index (χ1) is 6.61. The van der Waals surface area contributed by atoms with Gasteiger partial charge in [-0.05, 0) is 13.8 Å². The van der Waals surface area contributed by atoms with E-state index in [9.17, 15) is 4.21 Å². The quantitative estimate of drug-likeness (QED) is 0.738. The van der Waals surface area contributed by atoms with Gasteiger partial charge < -0.3 is 9.84 Å². The molecule has 0 aliphatic rings. The molecule has 1 heterocycles. The van der Waals surface area contributed by atoms with Crippen LogP contribution in [-0.2, 0) is 17.3 Å². The van der Waals surface area contributed by atoms with Crippen LogP contribution < -0.4 is 5.32 Å². The minimum atomic E-state index is -0.726. The molecule has 1 atom stereocenters. The summed E-state index contributed by atoms with van der Waals surface area (Å²) in [5.41, 5.74) is 2.03. The first kappa shape index (κ1) is 11.4. The Balaban J connectivity index is 2.34. The van der Waals surface area contributed by atoms with Gasteiger partial charge in [-0.25, -0.2) is 0 Å². The molecule has 0 spiro atoms. The van der Waals surface area contributed by atoms with Crippen LogP contribution in [0.5, 0.6) is 0 Å². The predicted molar refractivity (Wildman–Crippen MR) is 56.6 cm³/mol. The van der Waals surface area contributed by atoms with Gasteiger partial charge in [0.05, 0.1) is 5.69 Å². The van der Waals surface area contributed by atoms with Crippen molar-refractivity contribution in [3.05, 3.63) is 17.0 Å². The maximum Gasteiger partial charge on any atom is 0.138 e. The lowest BCUT2D eigenvalue weighted by Gasteiger charge is -2.02. The molecule has 4 nitrogen and oxygen atoms in total. The van der Waals surface area contributed by atoms with Crippen molar-refractivity contribution in [3.8, 4) is 0 Å². The molecule has 1 unspecified atom stereocenters. The molecule has 0 aliphatic heterocycles. The molecular formula is C9H16N2O2S. The van der Waals surface area contributed by atoms with Gasteiger partial charge in [0.1, 0.15) is 5.76 Å². The topological polar surface area (TPSA) is 55.1 Å². The fourth-order valence-corrected chi connectivity index (χ4v) is 1.62. The molecule has 0 amide bonds. The Morgan fingerprint density at radius 1 is 1.50 bits per heavy atom. The number of hydrogen-bond acceptors (Lipinski definition) is 4. The Labute approximate surface area is 86.5 Å². The maximum absolute atomic E-state index is 10.8. The van der Waals surface area contributed by atoms with Crippen LogP contribution in [0.4, 0.5) is 0 Å². The molecule has 14 heavy (non-hydrogen) atoms. The zero-order valence-electron chi connectivity index (χ0n) is 8.79. The lowest BCUT2D eigenvalue weighted by atomic mass is 10.2. The third kappa shape index (κ3) is 3.23. The molecule has 1 N–H and O–H groups in total. The smallest absolute Gasteiger partial charge is 0.138 e. The third-order valence-corrected chi connectivity index (χ3v) is 2.83. The molecule has 0 aromatic carbocycles. The van der Waals surface area contributed by atoms with Crippen molar-refractivity contribution in [1.82, 2.24) is 10.5 Å². The second-order valence-electron chi connectivity index (χ2n) is 3.26. The highest BCUT2D eigenvalue weighted by Crippen LogP contribution is 2.10. The summed E-state index contributed by atoms with van der Waals surface area (Å²) in [6.07, 6.45) is 1.71. The first-order valence-corrected chi connectivity index (χ1v) is 6.26. The van der Waals surface area contributed by atoms with E-state index < -0.39 is 10.8 Å². The van der Waals surface area contributed by atoms with E-state index in [4.69, 9.17) is 4.52 Å². The Hall–Kier alpha value is -0.680. The second-order valence-corrected chi connectivity index (χ2v) is 4.81. The lowest BCUT2D eigenvalue weighted by Crippen LogP contribution is -2.20. The number of hydrogen-bond donors (Lipinski definition) is 1. The van der Waals surface area contributed by atoms with Crippen molar-refractivity contribution < 1.29 is 8.73 Å². The molecule has 0 saturated heterocycles. The molecule has 80 valence electrons. The number of nitrogens with zero attached hydrogens (tertiary/aromatic N) is 1. The van der Waals surface area contributed by atoms with Crippen LogP contribution in [0.15, 0.2) is 4.52 Å². The van der Waals surface area contributed by atoms with Gasteiger partial charge >= 0.3 is 0 Å². The summed E-state index contributed by atoms with van der Waals surface area (Å²) in [6, 6.07) is 0. The standard InChI is InChI=1S/C9H16N2O2S/c1-7-9(8(2)13-11-7)6-10-4-5-14(3)12/h10H,4-6H2,1-3H3. The molecule has 0 bridgehead atoms. The van der Waals surface area contributed by atoms with Crippen molar-refractivity contribution >= 4 is 10.8 Å². The van der Waals surface area contributed by atoms with Gasteiger partial charge in [0.15, 0.2) is 0 Å². The molecule has 1 aromatic heterocycles. The molecule has 1 aromatic rings. The van der Waals surface area contributed by atoms with Crippen molar-refractivity contribution in [1.29, 1.82) is 0 Å². The van der Waals surface area contributed by atoms with Gasteiger partial charge in [-0.2, -0.15) is 0 Å². The molecule has 0 radical (unpaired) electrons. The van der Waals surface area contributed by atoms with E-state index in [0.29, 0.717) is 5.75 Å². The Kier molecular flexibility index (Phi) is 4.28. The molecule has 0 saturated carbocycles. The van der Waals surface area contributed by atoms with Crippen LogP contribution in [0.25, 0.3) is 0 Å². The Bertz CT molecular complexity index is 303.